The Morgan fingerprint density at radius 3 is 2.55 bits per heavy atom. The number of primary amides is 1. The van der Waals surface area contributed by atoms with E-state index in [1.165, 1.54) is 0 Å². The van der Waals surface area contributed by atoms with Crippen LogP contribution in [0.3, 0.4) is 0 Å². The summed E-state index contributed by atoms with van der Waals surface area (Å²) in [6.07, 6.45) is 0.285. The number of rotatable bonds is 5. The fourth-order valence-corrected chi connectivity index (χ4v) is 2.32. The molecule has 0 bridgehead atoms. The van der Waals surface area contributed by atoms with Gasteiger partial charge >= 0.3 is 5.97 Å². The van der Waals surface area contributed by atoms with E-state index in [1.807, 2.05) is 6.92 Å². The van der Waals surface area contributed by atoms with E-state index in [4.69, 9.17) is 10.8 Å². The molecule has 0 fully saturated rings. The van der Waals surface area contributed by atoms with Crippen molar-refractivity contribution >= 4 is 28.6 Å². The van der Waals surface area contributed by atoms with Gasteiger partial charge in [-0.15, -0.1) is 0 Å². The Labute approximate surface area is 114 Å². The Kier molecular flexibility index (Phi) is 3.56. The second-order valence-corrected chi connectivity index (χ2v) is 4.44. The van der Waals surface area contributed by atoms with Gasteiger partial charge < -0.3 is 15.8 Å². The molecular formula is C14H14N2O4. The van der Waals surface area contributed by atoms with Crippen molar-refractivity contribution < 1.29 is 19.5 Å². The van der Waals surface area contributed by atoms with Gasteiger partial charge in [-0.25, -0.2) is 0 Å². The number of benzene rings is 1. The van der Waals surface area contributed by atoms with Crippen molar-refractivity contribution in [3.8, 4) is 0 Å². The number of ketones is 1. The lowest BCUT2D eigenvalue weighted by molar-refractivity contribution is -0.136. The highest BCUT2D eigenvalue weighted by molar-refractivity contribution is 6.45. The zero-order valence-electron chi connectivity index (χ0n) is 10.9. The van der Waals surface area contributed by atoms with Gasteiger partial charge in [0.1, 0.15) is 0 Å². The summed E-state index contributed by atoms with van der Waals surface area (Å²) in [6.45, 7) is 1.83. The van der Waals surface area contributed by atoms with Gasteiger partial charge in [-0.2, -0.15) is 0 Å². The molecule has 1 aromatic carbocycles. The van der Waals surface area contributed by atoms with Crippen LogP contribution in [0.25, 0.3) is 10.9 Å². The average Bonchev–Trinajstić information content (AvgIpc) is 2.76. The topological polar surface area (TPSA) is 113 Å². The molecule has 4 N–H and O–H groups in total. The number of nitrogens with one attached hydrogen (secondary N) is 1. The van der Waals surface area contributed by atoms with Crippen molar-refractivity contribution in [2.75, 3.05) is 0 Å². The lowest BCUT2D eigenvalue weighted by atomic mass is 9.99. The van der Waals surface area contributed by atoms with Crippen molar-refractivity contribution in [2.45, 2.75) is 19.8 Å². The molecule has 0 spiro atoms. The van der Waals surface area contributed by atoms with Crippen molar-refractivity contribution in [3.63, 3.8) is 0 Å². The maximum absolute atomic E-state index is 12.0. The van der Waals surface area contributed by atoms with Crippen LogP contribution in [0.2, 0.25) is 0 Å². The van der Waals surface area contributed by atoms with Crippen LogP contribution in [0, 0.1) is 0 Å². The molecule has 0 unspecified atom stereocenters. The van der Waals surface area contributed by atoms with E-state index in [0.29, 0.717) is 28.6 Å². The molecule has 1 amide bonds. The third kappa shape index (κ3) is 2.27. The smallest absolute Gasteiger partial charge is 0.307 e. The van der Waals surface area contributed by atoms with E-state index in [9.17, 15) is 14.4 Å². The minimum atomic E-state index is -1.05. The summed E-state index contributed by atoms with van der Waals surface area (Å²) in [4.78, 5) is 37.1. The number of carboxylic acids is 1. The van der Waals surface area contributed by atoms with Crippen LogP contribution in [-0.2, 0) is 22.4 Å². The molecular weight excluding hydrogens is 260 g/mol. The first-order chi connectivity index (χ1) is 9.45. The molecule has 1 aromatic heterocycles. The highest BCUT2D eigenvalue weighted by Crippen LogP contribution is 2.27. The van der Waals surface area contributed by atoms with E-state index in [1.54, 1.807) is 18.2 Å². The van der Waals surface area contributed by atoms with Crippen molar-refractivity contribution in [1.82, 2.24) is 4.98 Å². The average molecular weight is 274 g/mol. The molecule has 0 atom stereocenters. The van der Waals surface area contributed by atoms with Crippen LogP contribution in [0.15, 0.2) is 18.2 Å². The van der Waals surface area contributed by atoms with Gasteiger partial charge in [0.2, 0.25) is 0 Å². The maximum atomic E-state index is 12.0. The molecule has 0 radical (unpaired) electrons. The molecule has 0 aliphatic rings. The monoisotopic (exact) mass is 274 g/mol. The van der Waals surface area contributed by atoms with Crippen LogP contribution >= 0.6 is 0 Å². The summed E-state index contributed by atoms with van der Waals surface area (Å²) < 4.78 is 0. The highest BCUT2D eigenvalue weighted by atomic mass is 16.4. The van der Waals surface area contributed by atoms with Crippen molar-refractivity contribution in [3.05, 3.63) is 35.0 Å². The largest absolute Gasteiger partial charge is 0.481 e. The Morgan fingerprint density at radius 1 is 1.30 bits per heavy atom. The fourth-order valence-electron chi connectivity index (χ4n) is 2.32. The minimum Gasteiger partial charge on any atom is -0.481 e. The second-order valence-electron chi connectivity index (χ2n) is 4.44. The summed E-state index contributed by atoms with van der Waals surface area (Å²) in [6, 6.07) is 5.06. The summed E-state index contributed by atoms with van der Waals surface area (Å²) in [5.41, 5.74) is 6.96. The van der Waals surface area contributed by atoms with Gasteiger partial charge in [0.15, 0.2) is 0 Å². The number of amides is 1. The third-order valence-corrected chi connectivity index (χ3v) is 3.13. The molecule has 104 valence electrons. The van der Waals surface area contributed by atoms with Gasteiger partial charge in [-0.1, -0.05) is 19.1 Å². The van der Waals surface area contributed by atoms with Crippen LogP contribution in [0.5, 0.6) is 0 Å². The first kappa shape index (κ1) is 13.8. The maximum Gasteiger partial charge on any atom is 0.307 e. The number of hydrogen-bond acceptors (Lipinski definition) is 3. The number of carbonyl (C=O) groups excluding carboxylic acids is 2. The quantitative estimate of drug-likeness (QED) is 0.558. The number of aromatic nitrogens is 1. The summed E-state index contributed by atoms with van der Waals surface area (Å²) in [5, 5.41) is 9.41. The molecule has 2 rings (SSSR count). The van der Waals surface area contributed by atoms with E-state index in [0.717, 1.165) is 0 Å². The molecule has 0 saturated heterocycles. The van der Waals surface area contributed by atoms with Crippen molar-refractivity contribution in [2.24, 2.45) is 5.73 Å². The molecule has 2 aromatic rings. The number of carboxylic acid groups (broad SMARTS) is 1. The molecule has 0 saturated carbocycles. The highest BCUT2D eigenvalue weighted by Gasteiger charge is 2.23. The van der Waals surface area contributed by atoms with Crippen molar-refractivity contribution in [1.29, 1.82) is 0 Å². The number of aliphatic carboxylic acids is 1. The first-order valence-electron chi connectivity index (χ1n) is 6.14. The Hall–Kier alpha value is -2.63. The van der Waals surface area contributed by atoms with Gasteiger partial charge in [-0.3, -0.25) is 14.4 Å². The standard InChI is InChI=1S/C14H14N2O4/c1-2-8-12(13(19)14(15)20)11-7(6-10(17)18)4-3-5-9(11)16-8/h3-5,16H,2,6H2,1H3,(H2,15,20)(H,17,18). The Balaban J connectivity index is 2.78. The second kappa shape index (κ2) is 5.16. The van der Waals surface area contributed by atoms with Gasteiger partial charge in [0.25, 0.3) is 11.7 Å². The number of hydrogen-bond donors (Lipinski definition) is 3. The number of Topliss-reactive ketones (excluding diaryl/α,β-unsaturated/α-hetero) is 1. The van der Waals surface area contributed by atoms with Crippen LogP contribution in [0.4, 0.5) is 0 Å². The zero-order valence-corrected chi connectivity index (χ0v) is 10.9. The molecule has 6 heteroatoms. The Morgan fingerprint density at radius 2 is 2.00 bits per heavy atom. The number of nitrogens with two attached hydrogens (primary N) is 1. The molecule has 20 heavy (non-hydrogen) atoms. The van der Waals surface area contributed by atoms with E-state index in [-0.39, 0.29) is 12.0 Å². The minimum absolute atomic E-state index is 0.187. The number of aryl methyl sites for hydroxylation is 1. The number of carbonyl (C=O) groups is 3. The third-order valence-electron chi connectivity index (χ3n) is 3.13. The first-order valence-corrected chi connectivity index (χ1v) is 6.14. The molecule has 0 aliphatic heterocycles. The number of aromatic amines is 1. The normalized spacial score (nSPS) is 10.7. The van der Waals surface area contributed by atoms with Crippen LogP contribution in [-0.4, -0.2) is 27.8 Å². The van der Waals surface area contributed by atoms with Gasteiger partial charge in [0, 0.05) is 16.6 Å². The Bertz CT molecular complexity index is 715. The lowest BCUT2D eigenvalue weighted by Gasteiger charge is -2.03. The molecule has 1 heterocycles. The predicted octanol–water partition coefficient (Wildman–Crippen LogP) is 1.03. The van der Waals surface area contributed by atoms with E-state index < -0.39 is 17.7 Å². The molecule has 6 nitrogen and oxygen atoms in total. The predicted molar refractivity (Wildman–Crippen MR) is 72.5 cm³/mol. The van der Waals surface area contributed by atoms with Gasteiger partial charge in [-0.05, 0) is 18.1 Å². The SMILES string of the molecule is CCc1[nH]c2cccc(CC(=O)O)c2c1C(=O)C(N)=O. The number of H-pyrrole nitrogens is 1. The summed E-state index contributed by atoms with van der Waals surface area (Å²) in [5.74, 6) is -2.86. The summed E-state index contributed by atoms with van der Waals surface area (Å²) >= 11 is 0. The number of fused-ring (bicyclic) bond motifs is 1. The van der Waals surface area contributed by atoms with E-state index in [2.05, 4.69) is 4.98 Å². The van der Waals surface area contributed by atoms with Gasteiger partial charge in [0.05, 0.1) is 12.0 Å². The molecule has 0 aliphatic carbocycles. The fraction of sp³-hybridized carbons (Fsp3) is 0.214. The lowest BCUT2D eigenvalue weighted by Crippen LogP contribution is -2.24. The van der Waals surface area contributed by atoms with Crippen LogP contribution in [0.1, 0.15) is 28.5 Å². The van der Waals surface area contributed by atoms with E-state index >= 15 is 0 Å². The zero-order chi connectivity index (χ0) is 14.9. The summed E-state index contributed by atoms with van der Waals surface area (Å²) in [7, 11) is 0. The van der Waals surface area contributed by atoms with Crippen LogP contribution < -0.4 is 5.73 Å².